The maximum atomic E-state index is 13.0. The van der Waals surface area contributed by atoms with Gasteiger partial charge in [-0.05, 0) is 50.5 Å². The summed E-state index contributed by atoms with van der Waals surface area (Å²) in [4.78, 5) is 17.5. The van der Waals surface area contributed by atoms with E-state index in [4.69, 9.17) is 4.74 Å². The summed E-state index contributed by atoms with van der Waals surface area (Å²) < 4.78 is 6.00. The number of carbonyl (C=O) groups excluding carboxylic acids is 1. The van der Waals surface area contributed by atoms with Crippen molar-refractivity contribution < 1.29 is 9.53 Å². The fourth-order valence-electron chi connectivity index (χ4n) is 2.99. The topological polar surface area (TPSA) is 51.2 Å². The van der Waals surface area contributed by atoms with Crippen molar-refractivity contribution >= 4 is 11.6 Å². The van der Waals surface area contributed by atoms with Gasteiger partial charge in [0.25, 0.3) is 5.91 Å². The Morgan fingerprint density at radius 1 is 1.00 bits per heavy atom. The first-order valence-electron chi connectivity index (χ1n) is 8.98. The van der Waals surface area contributed by atoms with E-state index in [1.165, 1.54) is 0 Å². The van der Waals surface area contributed by atoms with E-state index in [1.54, 1.807) is 0 Å². The largest absolute Gasteiger partial charge is 0.488 e. The van der Waals surface area contributed by atoms with Crippen molar-refractivity contribution in [3.8, 4) is 5.75 Å². The van der Waals surface area contributed by atoms with Gasteiger partial charge in [0.05, 0.1) is 5.69 Å². The minimum absolute atomic E-state index is 0.211. The molecule has 1 amide bonds. The molecular formula is C23H24N2O2. The number of ether oxygens (including phenoxy) is 1. The van der Waals surface area contributed by atoms with E-state index in [0.717, 1.165) is 28.1 Å². The highest BCUT2D eigenvalue weighted by Gasteiger charge is 2.19. The molecule has 4 nitrogen and oxygen atoms in total. The van der Waals surface area contributed by atoms with E-state index >= 15 is 0 Å². The van der Waals surface area contributed by atoms with Gasteiger partial charge >= 0.3 is 0 Å². The molecule has 1 aromatic heterocycles. The van der Waals surface area contributed by atoms with Gasteiger partial charge in [0, 0.05) is 17.4 Å². The Kier molecular flexibility index (Phi) is 5.55. The first kappa shape index (κ1) is 18.6. The zero-order valence-electron chi connectivity index (χ0n) is 16.2. The molecule has 1 N–H and O–H groups in total. The Hall–Kier alpha value is -3.14. The average molecular weight is 360 g/mol. The van der Waals surface area contributed by atoms with Crippen LogP contribution in [-0.2, 0) is 6.61 Å². The Labute approximate surface area is 160 Å². The molecule has 0 saturated heterocycles. The third-order valence-corrected chi connectivity index (χ3v) is 4.61. The van der Waals surface area contributed by atoms with Gasteiger partial charge in [0.2, 0.25) is 0 Å². The highest BCUT2D eigenvalue weighted by atomic mass is 16.5. The SMILES string of the molecule is Cc1cc(OCc2ccccc2)c(C(=O)Nc2cccc(C)c2C)c(C)n1. The van der Waals surface area contributed by atoms with Gasteiger partial charge < -0.3 is 10.1 Å². The lowest BCUT2D eigenvalue weighted by Crippen LogP contribution is -2.17. The van der Waals surface area contributed by atoms with Crippen molar-refractivity contribution in [1.82, 2.24) is 4.98 Å². The summed E-state index contributed by atoms with van der Waals surface area (Å²) in [6.45, 7) is 8.15. The summed E-state index contributed by atoms with van der Waals surface area (Å²) >= 11 is 0. The molecule has 0 aliphatic heterocycles. The molecule has 0 aliphatic rings. The van der Waals surface area contributed by atoms with Crippen LogP contribution < -0.4 is 10.1 Å². The number of amides is 1. The lowest BCUT2D eigenvalue weighted by atomic mass is 10.1. The second-order valence-electron chi connectivity index (χ2n) is 6.70. The van der Waals surface area contributed by atoms with Crippen molar-refractivity contribution in [2.75, 3.05) is 5.32 Å². The minimum atomic E-state index is -0.211. The number of nitrogens with one attached hydrogen (secondary N) is 1. The van der Waals surface area contributed by atoms with Gasteiger partial charge in [-0.3, -0.25) is 9.78 Å². The summed E-state index contributed by atoms with van der Waals surface area (Å²) in [6, 6.07) is 17.6. The number of rotatable bonds is 5. The summed E-state index contributed by atoms with van der Waals surface area (Å²) in [6.07, 6.45) is 0. The monoisotopic (exact) mass is 360 g/mol. The molecule has 3 aromatic rings. The molecule has 138 valence electrons. The molecule has 0 aliphatic carbocycles. The smallest absolute Gasteiger partial charge is 0.261 e. The third-order valence-electron chi connectivity index (χ3n) is 4.61. The zero-order valence-corrected chi connectivity index (χ0v) is 16.2. The number of nitrogens with zero attached hydrogens (tertiary/aromatic N) is 1. The molecule has 4 heteroatoms. The summed E-state index contributed by atoms with van der Waals surface area (Å²) in [5, 5.41) is 3.01. The van der Waals surface area contributed by atoms with Crippen LogP contribution in [0, 0.1) is 27.7 Å². The standard InChI is InChI=1S/C23H24N2O2/c1-15-9-8-12-20(17(15)3)25-23(26)22-18(4)24-16(2)13-21(22)27-14-19-10-6-5-7-11-19/h5-13H,14H2,1-4H3,(H,25,26). The number of aromatic nitrogens is 1. The van der Waals surface area contributed by atoms with Crippen LogP contribution in [0.2, 0.25) is 0 Å². The minimum Gasteiger partial charge on any atom is -0.488 e. The second-order valence-corrected chi connectivity index (χ2v) is 6.70. The van der Waals surface area contributed by atoms with Crippen molar-refractivity contribution in [3.63, 3.8) is 0 Å². The first-order chi connectivity index (χ1) is 13.0. The van der Waals surface area contributed by atoms with E-state index in [-0.39, 0.29) is 5.91 Å². The van der Waals surface area contributed by atoms with Crippen LogP contribution >= 0.6 is 0 Å². The maximum absolute atomic E-state index is 13.0. The summed E-state index contributed by atoms with van der Waals surface area (Å²) in [7, 11) is 0. The highest BCUT2D eigenvalue weighted by molar-refractivity contribution is 6.07. The summed E-state index contributed by atoms with van der Waals surface area (Å²) in [5.41, 5.74) is 5.97. The van der Waals surface area contributed by atoms with Gasteiger partial charge in [-0.25, -0.2) is 0 Å². The number of hydrogen-bond acceptors (Lipinski definition) is 3. The average Bonchev–Trinajstić information content (AvgIpc) is 2.64. The third kappa shape index (κ3) is 4.34. The Bertz CT molecular complexity index is 966. The normalized spacial score (nSPS) is 10.5. The number of anilines is 1. The number of hydrogen-bond donors (Lipinski definition) is 1. The fourth-order valence-corrected chi connectivity index (χ4v) is 2.99. The van der Waals surface area contributed by atoms with Crippen molar-refractivity contribution in [1.29, 1.82) is 0 Å². The molecule has 0 radical (unpaired) electrons. The van der Waals surface area contributed by atoms with Crippen LogP contribution in [0.15, 0.2) is 54.6 Å². The zero-order chi connectivity index (χ0) is 19.4. The summed E-state index contributed by atoms with van der Waals surface area (Å²) in [5.74, 6) is 0.337. The quantitative estimate of drug-likeness (QED) is 0.685. The van der Waals surface area contributed by atoms with E-state index in [0.29, 0.717) is 23.6 Å². The predicted molar refractivity (Wildman–Crippen MR) is 108 cm³/mol. The predicted octanol–water partition coefficient (Wildman–Crippen LogP) is 5.15. The molecule has 0 fully saturated rings. The van der Waals surface area contributed by atoms with Crippen molar-refractivity contribution in [2.45, 2.75) is 34.3 Å². The van der Waals surface area contributed by atoms with Crippen LogP contribution in [0.25, 0.3) is 0 Å². The van der Waals surface area contributed by atoms with Crippen molar-refractivity contribution in [3.05, 3.63) is 88.2 Å². The molecule has 0 saturated carbocycles. The molecule has 27 heavy (non-hydrogen) atoms. The molecule has 2 aromatic carbocycles. The van der Waals surface area contributed by atoms with Gasteiger partial charge in [0.15, 0.2) is 0 Å². The van der Waals surface area contributed by atoms with Gasteiger partial charge in [-0.1, -0.05) is 42.5 Å². The van der Waals surface area contributed by atoms with E-state index in [1.807, 2.05) is 82.3 Å². The van der Waals surface area contributed by atoms with Crippen molar-refractivity contribution in [2.24, 2.45) is 0 Å². The van der Waals surface area contributed by atoms with Crippen LogP contribution in [-0.4, -0.2) is 10.9 Å². The Balaban J connectivity index is 1.89. The molecule has 3 rings (SSSR count). The van der Waals surface area contributed by atoms with Crippen LogP contribution in [0.3, 0.4) is 0 Å². The molecule has 0 unspecified atom stereocenters. The fraction of sp³-hybridized carbons (Fsp3) is 0.217. The highest BCUT2D eigenvalue weighted by Crippen LogP contribution is 2.26. The molecular weight excluding hydrogens is 336 g/mol. The molecule has 1 heterocycles. The number of aryl methyl sites for hydroxylation is 3. The lowest BCUT2D eigenvalue weighted by molar-refractivity contribution is 0.102. The van der Waals surface area contributed by atoms with Gasteiger partial charge in [-0.2, -0.15) is 0 Å². The number of benzene rings is 2. The van der Waals surface area contributed by atoms with Gasteiger partial charge in [-0.15, -0.1) is 0 Å². The Morgan fingerprint density at radius 2 is 1.74 bits per heavy atom. The van der Waals surface area contributed by atoms with Gasteiger partial charge in [0.1, 0.15) is 17.9 Å². The second kappa shape index (κ2) is 8.04. The van der Waals surface area contributed by atoms with Crippen LogP contribution in [0.4, 0.5) is 5.69 Å². The Morgan fingerprint density at radius 3 is 2.48 bits per heavy atom. The number of carbonyl (C=O) groups is 1. The van der Waals surface area contributed by atoms with E-state index in [2.05, 4.69) is 10.3 Å². The van der Waals surface area contributed by atoms with E-state index in [9.17, 15) is 4.79 Å². The molecule has 0 bridgehead atoms. The van der Waals surface area contributed by atoms with Crippen LogP contribution in [0.5, 0.6) is 5.75 Å². The number of pyridine rings is 1. The lowest BCUT2D eigenvalue weighted by Gasteiger charge is -2.16. The molecule has 0 atom stereocenters. The maximum Gasteiger partial charge on any atom is 0.261 e. The molecule has 0 spiro atoms. The first-order valence-corrected chi connectivity index (χ1v) is 8.98. The van der Waals surface area contributed by atoms with E-state index < -0.39 is 0 Å². The van der Waals surface area contributed by atoms with Crippen LogP contribution in [0.1, 0.15) is 38.4 Å².